The summed E-state index contributed by atoms with van der Waals surface area (Å²) >= 11 is 0. The number of hydrogen-bond acceptors (Lipinski definition) is 7. The van der Waals surface area contributed by atoms with Crippen LogP contribution in [0.25, 0.3) is 0 Å². The highest BCUT2D eigenvalue weighted by Crippen LogP contribution is 2.33. The maximum Gasteiger partial charge on any atom is 0.338 e. The molecule has 104 valence electrons. The summed E-state index contributed by atoms with van der Waals surface area (Å²) in [6, 6.07) is 0. The van der Waals surface area contributed by atoms with Crippen molar-refractivity contribution in [2.45, 2.75) is 38.4 Å². The quantitative estimate of drug-likeness (QED) is 0.655. The van der Waals surface area contributed by atoms with Crippen molar-refractivity contribution < 1.29 is 33.3 Å². The van der Waals surface area contributed by atoms with E-state index in [1.807, 2.05) is 0 Å². The van der Waals surface area contributed by atoms with Gasteiger partial charge in [0.15, 0.2) is 12.2 Å². The highest BCUT2D eigenvalue weighted by atomic mass is 16.9. The summed E-state index contributed by atoms with van der Waals surface area (Å²) in [6.07, 6.45) is -2.05. The van der Waals surface area contributed by atoms with Gasteiger partial charge in [-0.25, -0.2) is 9.59 Å². The molecule has 0 aromatic carbocycles. The lowest BCUT2D eigenvalue weighted by molar-refractivity contribution is -0.339. The Morgan fingerprint density at radius 1 is 1.06 bits per heavy atom. The first-order valence-electron chi connectivity index (χ1n) is 5.68. The molecule has 1 heterocycles. The summed E-state index contributed by atoms with van der Waals surface area (Å²) in [5.41, 5.74) is 0. The molecule has 7 nitrogen and oxygen atoms in total. The second-order valence-electron chi connectivity index (χ2n) is 3.59. The van der Waals surface area contributed by atoms with Crippen LogP contribution in [0.5, 0.6) is 0 Å². The van der Waals surface area contributed by atoms with Crippen LogP contribution in [0.2, 0.25) is 0 Å². The van der Waals surface area contributed by atoms with E-state index in [9.17, 15) is 9.59 Å². The van der Waals surface area contributed by atoms with Crippen molar-refractivity contribution >= 4 is 11.9 Å². The maximum absolute atomic E-state index is 11.6. The molecular weight excluding hydrogens is 244 g/mol. The molecule has 0 bridgehead atoms. The van der Waals surface area contributed by atoms with Gasteiger partial charge in [0.25, 0.3) is 5.97 Å². The van der Waals surface area contributed by atoms with Gasteiger partial charge < -0.3 is 23.7 Å². The second-order valence-corrected chi connectivity index (χ2v) is 3.59. The van der Waals surface area contributed by atoms with Crippen LogP contribution in [-0.2, 0) is 33.3 Å². The molecule has 1 fully saturated rings. The fourth-order valence-electron chi connectivity index (χ4n) is 1.67. The van der Waals surface area contributed by atoms with Gasteiger partial charge in [-0.3, -0.25) is 0 Å². The van der Waals surface area contributed by atoms with Crippen LogP contribution in [0.3, 0.4) is 0 Å². The Hall–Kier alpha value is -1.18. The molecule has 0 spiro atoms. The minimum absolute atomic E-state index is 0.315. The van der Waals surface area contributed by atoms with Crippen molar-refractivity contribution in [3.63, 3.8) is 0 Å². The lowest BCUT2D eigenvalue weighted by Gasteiger charge is -2.25. The minimum Gasteiger partial charge on any atom is -0.467 e. The van der Waals surface area contributed by atoms with Gasteiger partial charge in [-0.2, -0.15) is 0 Å². The molecule has 0 aliphatic carbocycles. The van der Waals surface area contributed by atoms with Gasteiger partial charge in [-0.05, 0) is 6.92 Å². The molecule has 18 heavy (non-hydrogen) atoms. The summed E-state index contributed by atoms with van der Waals surface area (Å²) in [5, 5.41) is 0. The molecule has 1 aliphatic heterocycles. The average Bonchev–Trinajstić information content (AvgIpc) is 2.78. The summed E-state index contributed by atoms with van der Waals surface area (Å²) < 4.78 is 25.3. The molecule has 0 radical (unpaired) electrons. The van der Waals surface area contributed by atoms with Gasteiger partial charge in [0.1, 0.15) is 0 Å². The average molecular weight is 262 g/mol. The van der Waals surface area contributed by atoms with Crippen LogP contribution < -0.4 is 0 Å². The van der Waals surface area contributed by atoms with Gasteiger partial charge in [0.05, 0.1) is 14.2 Å². The fourth-order valence-corrected chi connectivity index (χ4v) is 1.67. The first-order chi connectivity index (χ1) is 8.53. The number of ether oxygens (including phenoxy) is 5. The molecule has 0 N–H and O–H groups in total. The molecule has 0 saturated carbocycles. The highest BCUT2D eigenvalue weighted by molar-refractivity contribution is 5.86. The highest BCUT2D eigenvalue weighted by Gasteiger charge is 2.54. The second kappa shape index (κ2) is 6.12. The number of carbonyl (C=O) groups excluding carboxylic acids is 2. The third-order valence-electron chi connectivity index (χ3n) is 2.55. The van der Waals surface area contributed by atoms with Crippen LogP contribution in [0, 0.1) is 0 Å². The van der Waals surface area contributed by atoms with E-state index in [4.69, 9.17) is 14.2 Å². The Kier molecular flexibility index (Phi) is 5.06. The van der Waals surface area contributed by atoms with Crippen LogP contribution in [0.1, 0.15) is 20.3 Å². The topological polar surface area (TPSA) is 80.3 Å². The summed E-state index contributed by atoms with van der Waals surface area (Å²) in [7, 11) is 2.40. The smallest absolute Gasteiger partial charge is 0.338 e. The van der Waals surface area contributed by atoms with Crippen LogP contribution in [0.4, 0.5) is 0 Å². The lowest BCUT2D eigenvalue weighted by atomic mass is 10.2. The number of methoxy groups -OCH3 is 2. The van der Waals surface area contributed by atoms with Gasteiger partial charge >= 0.3 is 11.9 Å². The number of carbonyl (C=O) groups is 2. The van der Waals surface area contributed by atoms with E-state index in [-0.39, 0.29) is 0 Å². The summed E-state index contributed by atoms with van der Waals surface area (Å²) in [4.78, 5) is 23.1. The molecule has 1 rings (SSSR count). The van der Waals surface area contributed by atoms with Crippen molar-refractivity contribution in [1.82, 2.24) is 0 Å². The SMILES string of the molecule is CCOC1(CC)O[C@@H](C(=O)OC)[C@H](C(=O)OC)O1. The molecule has 0 unspecified atom stereocenters. The van der Waals surface area contributed by atoms with Crippen molar-refractivity contribution in [3.8, 4) is 0 Å². The van der Waals surface area contributed by atoms with Gasteiger partial charge in [-0.15, -0.1) is 0 Å². The monoisotopic (exact) mass is 262 g/mol. The largest absolute Gasteiger partial charge is 0.467 e. The third kappa shape index (κ3) is 2.80. The predicted molar refractivity (Wildman–Crippen MR) is 58.4 cm³/mol. The van der Waals surface area contributed by atoms with E-state index in [0.717, 1.165) is 0 Å². The summed E-state index contributed by atoms with van der Waals surface area (Å²) in [5.74, 6) is -2.83. The Morgan fingerprint density at radius 2 is 1.50 bits per heavy atom. The Balaban J connectivity index is 2.93. The normalized spacial score (nSPS) is 25.8. The predicted octanol–water partition coefficient (Wildman–Crippen LogP) is 0.217. The van der Waals surface area contributed by atoms with E-state index in [1.54, 1.807) is 13.8 Å². The minimum atomic E-state index is -1.41. The molecule has 0 aromatic rings. The Morgan fingerprint density at radius 3 is 1.78 bits per heavy atom. The van der Waals surface area contributed by atoms with E-state index in [0.29, 0.717) is 13.0 Å². The first-order valence-corrected chi connectivity index (χ1v) is 5.68. The van der Waals surface area contributed by atoms with Gasteiger partial charge in [0.2, 0.25) is 0 Å². The lowest BCUT2D eigenvalue weighted by Crippen LogP contribution is -2.38. The van der Waals surface area contributed by atoms with Gasteiger partial charge in [0, 0.05) is 13.0 Å². The zero-order valence-corrected chi connectivity index (χ0v) is 10.9. The zero-order valence-electron chi connectivity index (χ0n) is 10.9. The van der Waals surface area contributed by atoms with Crippen molar-refractivity contribution in [1.29, 1.82) is 0 Å². The van der Waals surface area contributed by atoms with Crippen LogP contribution >= 0.6 is 0 Å². The molecule has 0 aromatic heterocycles. The van der Waals surface area contributed by atoms with E-state index >= 15 is 0 Å². The van der Waals surface area contributed by atoms with E-state index in [1.165, 1.54) is 14.2 Å². The Bertz CT molecular complexity index is 291. The number of hydrogen-bond donors (Lipinski definition) is 0. The van der Waals surface area contributed by atoms with Crippen LogP contribution in [-0.4, -0.2) is 50.9 Å². The Labute approximate surface area is 105 Å². The first kappa shape index (κ1) is 14.9. The van der Waals surface area contributed by atoms with Crippen molar-refractivity contribution in [2.75, 3.05) is 20.8 Å². The molecule has 0 amide bonds. The van der Waals surface area contributed by atoms with E-state index in [2.05, 4.69) is 9.47 Å². The standard InChI is InChI=1S/C11H18O7/c1-5-11(16-6-2)17-7(9(12)14-3)8(18-11)10(13)15-4/h7-8H,5-6H2,1-4H3/t7-,8-/m1/s1. The van der Waals surface area contributed by atoms with Crippen molar-refractivity contribution in [3.05, 3.63) is 0 Å². The molecular formula is C11H18O7. The van der Waals surface area contributed by atoms with Crippen molar-refractivity contribution in [2.24, 2.45) is 0 Å². The fraction of sp³-hybridized carbons (Fsp3) is 0.818. The molecule has 2 atom stereocenters. The molecule has 7 heteroatoms. The number of esters is 2. The van der Waals surface area contributed by atoms with E-state index < -0.39 is 30.1 Å². The van der Waals surface area contributed by atoms with Gasteiger partial charge in [-0.1, -0.05) is 6.92 Å². The third-order valence-corrected chi connectivity index (χ3v) is 2.55. The molecule has 1 saturated heterocycles. The van der Waals surface area contributed by atoms with Crippen LogP contribution in [0.15, 0.2) is 0 Å². The summed E-state index contributed by atoms with van der Waals surface area (Å²) in [6.45, 7) is 3.82. The maximum atomic E-state index is 11.6. The molecule has 1 aliphatic rings. The zero-order chi connectivity index (χ0) is 13.8. The number of rotatable bonds is 5.